The standard InChI is InChI=1S/C24H26N2O7/c27-12-14-10-26(11-21(14)28)23(31)20(9-22(29)30)25-24(32)33-13-19-17-7-3-1-5-15(17)16-6-2-4-8-18(16)19/h1-8,14,19-21,27-28H,9-13H2,(H,25,32)(H,29,30). The van der Waals surface area contributed by atoms with Crippen LogP contribution in [0.5, 0.6) is 0 Å². The Bertz CT molecular complexity index is 1010. The fourth-order valence-corrected chi connectivity index (χ4v) is 4.59. The third-order valence-electron chi connectivity index (χ3n) is 6.27. The number of carbonyl (C=O) groups is 3. The van der Waals surface area contributed by atoms with Gasteiger partial charge in [-0.1, -0.05) is 48.5 Å². The van der Waals surface area contributed by atoms with E-state index in [1.165, 1.54) is 4.90 Å². The van der Waals surface area contributed by atoms with E-state index in [4.69, 9.17) is 4.74 Å². The van der Waals surface area contributed by atoms with Crippen LogP contribution in [0.3, 0.4) is 0 Å². The van der Waals surface area contributed by atoms with E-state index in [0.717, 1.165) is 22.3 Å². The van der Waals surface area contributed by atoms with Crippen molar-refractivity contribution in [3.8, 4) is 11.1 Å². The van der Waals surface area contributed by atoms with E-state index in [1.807, 2.05) is 48.5 Å². The maximum absolute atomic E-state index is 12.8. The molecule has 9 nitrogen and oxygen atoms in total. The van der Waals surface area contributed by atoms with Gasteiger partial charge >= 0.3 is 12.1 Å². The number of hydrogen-bond donors (Lipinski definition) is 4. The van der Waals surface area contributed by atoms with Gasteiger partial charge in [0.15, 0.2) is 0 Å². The Hall–Kier alpha value is -3.43. The highest BCUT2D eigenvalue weighted by Gasteiger charge is 2.38. The number of benzene rings is 2. The Balaban J connectivity index is 1.42. The van der Waals surface area contributed by atoms with Crippen molar-refractivity contribution in [3.63, 3.8) is 0 Å². The quantitative estimate of drug-likeness (QED) is 0.493. The summed E-state index contributed by atoms with van der Waals surface area (Å²) in [4.78, 5) is 37.9. The molecule has 33 heavy (non-hydrogen) atoms. The molecular formula is C24H26N2O7. The summed E-state index contributed by atoms with van der Waals surface area (Å²) < 4.78 is 5.42. The molecule has 1 aliphatic heterocycles. The number of aliphatic carboxylic acids is 1. The SMILES string of the molecule is O=C(O)CC(NC(=O)OCC1c2ccccc2-c2ccccc21)C(=O)N1CC(O)C(CO)C1. The van der Waals surface area contributed by atoms with Crippen LogP contribution in [0.25, 0.3) is 11.1 Å². The van der Waals surface area contributed by atoms with Crippen LogP contribution in [0.15, 0.2) is 48.5 Å². The smallest absolute Gasteiger partial charge is 0.407 e. The topological polar surface area (TPSA) is 136 Å². The van der Waals surface area contributed by atoms with E-state index in [9.17, 15) is 29.7 Å². The maximum Gasteiger partial charge on any atom is 0.407 e. The van der Waals surface area contributed by atoms with Crippen LogP contribution in [0.2, 0.25) is 0 Å². The number of ether oxygens (including phenoxy) is 1. The van der Waals surface area contributed by atoms with Crippen molar-refractivity contribution in [3.05, 3.63) is 59.7 Å². The molecule has 2 aromatic rings. The zero-order chi connectivity index (χ0) is 23.5. The van der Waals surface area contributed by atoms with Crippen LogP contribution in [0.4, 0.5) is 4.79 Å². The van der Waals surface area contributed by atoms with Gasteiger partial charge in [-0.3, -0.25) is 9.59 Å². The number of likely N-dealkylation sites (tertiary alicyclic amines) is 1. The van der Waals surface area contributed by atoms with Crippen molar-refractivity contribution in [2.75, 3.05) is 26.3 Å². The van der Waals surface area contributed by atoms with Crippen LogP contribution in [-0.2, 0) is 14.3 Å². The lowest BCUT2D eigenvalue weighted by molar-refractivity contribution is -0.142. The Labute approximate surface area is 190 Å². The summed E-state index contributed by atoms with van der Waals surface area (Å²) in [5.74, 6) is -2.57. The molecule has 0 bridgehead atoms. The van der Waals surface area contributed by atoms with E-state index >= 15 is 0 Å². The van der Waals surface area contributed by atoms with Crippen molar-refractivity contribution in [1.82, 2.24) is 10.2 Å². The highest BCUT2D eigenvalue weighted by molar-refractivity contribution is 5.89. The number of nitrogens with zero attached hydrogens (tertiary/aromatic N) is 1. The Morgan fingerprint density at radius 3 is 2.18 bits per heavy atom. The summed E-state index contributed by atoms with van der Waals surface area (Å²) in [6.07, 6.45) is -2.42. The molecule has 3 unspecified atom stereocenters. The molecule has 0 radical (unpaired) electrons. The van der Waals surface area contributed by atoms with Crippen LogP contribution in [0, 0.1) is 5.92 Å². The molecule has 2 aromatic carbocycles. The van der Waals surface area contributed by atoms with Gasteiger partial charge in [0.25, 0.3) is 0 Å². The second-order valence-corrected chi connectivity index (χ2v) is 8.37. The third-order valence-corrected chi connectivity index (χ3v) is 6.27. The number of aliphatic hydroxyl groups excluding tert-OH is 2. The molecule has 3 atom stereocenters. The molecule has 174 valence electrons. The molecule has 0 aromatic heterocycles. The predicted molar refractivity (Wildman–Crippen MR) is 117 cm³/mol. The molecule has 1 saturated heterocycles. The van der Waals surface area contributed by atoms with Gasteiger partial charge in [0.2, 0.25) is 5.91 Å². The number of amides is 2. The van der Waals surface area contributed by atoms with Crippen molar-refractivity contribution >= 4 is 18.0 Å². The van der Waals surface area contributed by atoms with Crippen molar-refractivity contribution in [2.45, 2.75) is 24.5 Å². The fourth-order valence-electron chi connectivity index (χ4n) is 4.59. The number of rotatable bonds is 7. The highest BCUT2D eigenvalue weighted by atomic mass is 16.5. The Morgan fingerprint density at radius 2 is 1.64 bits per heavy atom. The number of β-amino-alcohol motifs (C(OH)–C–C–N with tert-alkyl or cyclic N) is 1. The van der Waals surface area contributed by atoms with Gasteiger partial charge in [0.1, 0.15) is 12.6 Å². The summed E-state index contributed by atoms with van der Waals surface area (Å²) in [5, 5.41) is 30.8. The highest BCUT2D eigenvalue weighted by Crippen LogP contribution is 2.44. The van der Waals surface area contributed by atoms with Crippen LogP contribution in [-0.4, -0.2) is 76.6 Å². The molecule has 2 aliphatic rings. The average Bonchev–Trinajstić information content (AvgIpc) is 3.34. The average molecular weight is 454 g/mol. The zero-order valence-corrected chi connectivity index (χ0v) is 17.9. The van der Waals surface area contributed by atoms with Crippen molar-refractivity contribution < 1.29 is 34.4 Å². The number of carboxylic acid groups (broad SMARTS) is 1. The number of hydrogen-bond acceptors (Lipinski definition) is 6. The first-order valence-corrected chi connectivity index (χ1v) is 10.8. The number of fused-ring (bicyclic) bond motifs is 3. The Morgan fingerprint density at radius 1 is 1.03 bits per heavy atom. The molecular weight excluding hydrogens is 428 g/mol. The first-order valence-electron chi connectivity index (χ1n) is 10.8. The predicted octanol–water partition coefficient (Wildman–Crippen LogP) is 1.18. The lowest BCUT2D eigenvalue weighted by Crippen LogP contribution is -2.49. The molecule has 1 aliphatic carbocycles. The molecule has 0 saturated carbocycles. The minimum absolute atomic E-state index is 0.0306. The van der Waals surface area contributed by atoms with Gasteiger partial charge < -0.3 is 30.3 Å². The lowest BCUT2D eigenvalue weighted by Gasteiger charge is -2.23. The largest absolute Gasteiger partial charge is 0.481 e. The van der Waals surface area contributed by atoms with Gasteiger partial charge in [0, 0.05) is 24.9 Å². The van der Waals surface area contributed by atoms with Gasteiger partial charge in [-0.25, -0.2) is 4.79 Å². The zero-order valence-electron chi connectivity index (χ0n) is 17.9. The van der Waals surface area contributed by atoms with E-state index in [1.54, 1.807) is 0 Å². The van der Waals surface area contributed by atoms with E-state index in [0.29, 0.717) is 0 Å². The fraction of sp³-hybridized carbons (Fsp3) is 0.375. The maximum atomic E-state index is 12.8. The number of carboxylic acids is 1. The molecule has 9 heteroatoms. The summed E-state index contributed by atoms with van der Waals surface area (Å²) in [6.45, 7) is -0.219. The minimum atomic E-state index is -1.34. The minimum Gasteiger partial charge on any atom is -0.481 e. The normalized spacial score (nSPS) is 20.1. The number of carbonyl (C=O) groups excluding carboxylic acids is 2. The van der Waals surface area contributed by atoms with Crippen molar-refractivity contribution in [1.29, 1.82) is 0 Å². The Kier molecular flexibility index (Phi) is 6.62. The number of nitrogens with one attached hydrogen (secondary N) is 1. The van der Waals surface area contributed by atoms with Gasteiger partial charge in [-0.2, -0.15) is 0 Å². The molecule has 2 amide bonds. The van der Waals surface area contributed by atoms with E-state index in [2.05, 4.69) is 5.32 Å². The van der Waals surface area contributed by atoms with Crippen LogP contribution in [0.1, 0.15) is 23.5 Å². The molecule has 4 rings (SSSR count). The summed E-state index contributed by atoms with van der Waals surface area (Å²) in [6, 6.07) is 14.4. The van der Waals surface area contributed by atoms with Crippen LogP contribution < -0.4 is 5.32 Å². The second-order valence-electron chi connectivity index (χ2n) is 8.37. The van der Waals surface area contributed by atoms with Gasteiger partial charge in [-0.05, 0) is 22.3 Å². The number of aliphatic hydroxyl groups is 2. The summed E-state index contributed by atoms with van der Waals surface area (Å²) in [5.41, 5.74) is 4.22. The molecule has 0 spiro atoms. The molecule has 1 fully saturated rings. The second kappa shape index (κ2) is 9.60. The summed E-state index contributed by atoms with van der Waals surface area (Å²) in [7, 11) is 0. The lowest BCUT2D eigenvalue weighted by atomic mass is 9.98. The molecule has 4 N–H and O–H groups in total. The number of alkyl carbamates (subject to hydrolysis) is 1. The van der Waals surface area contributed by atoms with Gasteiger partial charge in [-0.15, -0.1) is 0 Å². The van der Waals surface area contributed by atoms with Crippen LogP contribution >= 0.6 is 0 Å². The summed E-state index contributed by atoms with van der Waals surface area (Å²) >= 11 is 0. The van der Waals surface area contributed by atoms with E-state index in [-0.39, 0.29) is 32.2 Å². The monoisotopic (exact) mass is 454 g/mol. The molecule has 1 heterocycles. The first kappa shape index (κ1) is 22.8. The van der Waals surface area contributed by atoms with E-state index < -0.39 is 42.5 Å². The third kappa shape index (κ3) is 4.69. The van der Waals surface area contributed by atoms with Gasteiger partial charge in [0.05, 0.1) is 19.1 Å². The van der Waals surface area contributed by atoms with Crippen molar-refractivity contribution in [2.24, 2.45) is 5.92 Å². The first-order chi connectivity index (χ1) is 15.9.